The highest BCUT2D eigenvalue weighted by Gasteiger charge is 2.04. The van der Waals surface area contributed by atoms with Crippen molar-refractivity contribution in [2.75, 3.05) is 0 Å². The van der Waals surface area contributed by atoms with Crippen LogP contribution in [0.1, 0.15) is 17.1 Å². The fourth-order valence-electron chi connectivity index (χ4n) is 1.37. The molecule has 2 heterocycles. The van der Waals surface area contributed by atoms with Crippen molar-refractivity contribution in [3.63, 3.8) is 0 Å². The van der Waals surface area contributed by atoms with Crippen molar-refractivity contribution in [1.82, 2.24) is 30.0 Å². The molecule has 80 valence electrons. The predicted octanol–water partition coefficient (Wildman–Crippen LogP) is 0.266. The topological polar surface area (TPSA) is 61.4 Å². The maximum Gasteiger partial charge on any atom is 0.0825 e. The smallest absolute Gasteiger partial charge is 0.0825 e. The van der Waals surface area contributed by atoms with Crippen molar-refractivity contribution in [3.8, 4) is 0 Å². The van der Waals surface area contributed by atoms with Gasteiger partial charge < -0.3 is 0 Å². The third-order valence-electron chi connectivity index (χ3n) is 2.43. The molecular formula is C9H14N6. The van der Waals surface area contributed by atoms with Crippen LogP contribution in [0, 0.1) is 13.8 Å². The zero-order chi connectivity index (χ0) is 10.8. The van der Waals surface area contributed by atoms with Crippen LogP contribution in [0.25, 0.3) is 0 Å². The monoisotopic (exact) mass is 206 g/mol. The highest BCUT2D eigenvalue weighted by molar-refractivity contribution is 5.02. The molecule has 0 aliphatic rings. The van der Waals surface area contributed by atoms with Gasteiger partial charge in [-0.15, -0.1) is 5.10 Å². The summed E-state index contributed by atoms with van der Waals surface area (Å²) in [6.07, 6.45) is 2.61. The first-order valence-corrected chi connectivity index (χ1v) is 4.88. The Labute approximate surface area is 87.9 Å². The van der Waals surface area contributed by atoms with E-state index in [4.69, 9.17) is 0 Å². The molecule has 0 radical (unpaired) electrons. The van der Waals surface area contributed by atoms with E-state index in [2.05, 4.69) is 20.5 Å². The van der Waals surface area contributed by atoms with Gasteiger partial charge >= 0.3 is 0 Å². The standard InChI is InChI=1S/C9H14N6/c1-7-8(2)12-15(11-7)5-4-9-6-10-13-14(9)3/h6H,4-5H2,1-3H3. The lowest BCUT2D eigenvalue weighted by atomic mass is 10.3. The van der Waals surface area contributed by atoms with E-state index in [0.29, 0.717) is 0 Å². The van der Waals surface area contributed by atoms with Crippen molar-refractivity contribution in [2.45, 2.75) is 26.8 Å². The van der Waals surface area contributed by atoms with Crippen LogP contribution in [0.4, 0.5) is 0 Å². The lowest BCUT2D eigenvalue weighted by Crippen LogP contribution is -2.08. The summed E-state index contributed by atoms with van der Waals surface area (Å²) < 4.78 is 1.77. The Balaban J connectivity index is 2.02. The maximum atomic E-state index is 4.29. The van der Waals surface area contributed by atoms with Gasteiger partial charge in [0.2, 0.25) is 0 Å². The third kappa shape index (κ3) is 2.03. The Morgan fingerprint density at radius 2 is 1.87 bits per heavy atom. The Kier molecular flexibility index (Phi) is 2.49. The van der Waals surface area contributed by atoms with E-state index in [1.165, 1.54) is 0 Å². The van der Waals surface area contributed by atoms with Crippen molar-refractivity contribution >= 4 is 0 Å². The number of hydrogen-bond acceptors (Lipinski definition) is 4. The molecular weight excluding hydrogens is 192 g/mol. The fraction of sp³-hybridized carbons (Fsp3) is 0.556. The van der Waals surface area contributed by atoms with Gasteiger partial charge in [-0.25, -0.2) is 0 Å². The number of rotatable bonds is 3. The highest BCUT2D eigenvalue weighted by Crippen LogP contribution is 2.00. The Hall–Kier alpha value is -1.72. The number of hydrogen-bond donors (Lipinski definition) is 0. The van der Waals surface area contributed by atoms with Gasteiger partial charge in [0.25, 0.3) is 0 Å². The molecule has 2 aromatic rings. The predicted molar refractivity (Wildman–Crippen MR) is 54.2 cm³/mol. The fourth-order valence-corrected chi connectivity index (χ4v) is 1.37. The van der Waals surface area contributed by atoms with Crippen LogP contribution in [-0.2, 0) is 20.0 Å². The lowest BCUT2D eigenvalue weighted by molar-refractivity contribution is 0.518. The Morgan fingerprint density at radius 3 is 2.40 bits per heavy atom. The van der Waals surface area contributed by atoms with Gasteiger partial charge in [-0.2, -0.15) is 15.0 Å². The van der Waals surface area contributed by atoms with E-state index < -0.39 is 0 Å². The summed E-state index contributed by atoms with van der Waals surface area (Å²) in [5, 5.41) is 16.3. The van der Waals surface area contributed by atoms with Crippen LogP contribution in [0.5, 0.6) is 0 Å². The summed E-state index contributed by atoms with van der Waals surface area (Å²) >= 11 is 0. The van der Waals surface area contributed by atoms with Gasteiger partial charge in [0, 0.05) is 13.5 Å². The quantitative estimate of drug-likeness (QED) is 0.723. The first kappa shape index (κ1) is 9.82. The van der Waals surface area contributed by atoms with E-state index in [0.717, 1.165) is 30.0 Å². The molecule has 0 aliphatic carbocycles. The highest BCUT2D eigenvalue weighted by atomic mass is 15.5. The van der Waals surface area contributed by atoms with Gasteiger partial charge in [-0.1, -0.05) is 5.21 Å². The van der Waals surface area contributed by atoms with Crippen molar-refractivity contribution in [1.29, 1.82) is 0 Å². The molecule has 0 aromatic carbocycles. The van der Waals surface area contributed by atoms with Crippen LogP contribution < -0.4 is 0 Å². The summed E-state index contributed by atoms with van der Waals surface area (Å²) in [7, 11) is 1.88. The van der Waals surface area contributed by atoms with Crippen LogP contribution in [0.3, 0.4) is 0 Å². The van der Waals surface area contributed by atoms with E-state index in [9.17, 15) is 0 Å². The summed E-state index contributed by atoms with van der Waals surface area (Å²) in [5.74, 6) is 0. The Bertz CT molecular complexity index is 435. The SMILES string of the molecule is Cc1nn(CCc2cnnn2C)nc1C. The molecule has 15 heavy (non-hydrogen) atoms. The van der Waals surface area contributed by atoms with Gasteiger partial charge in [0.05, 0.1) is 29.8 Å². The summed E-state index contributed by atoms with van der Waals surface area (Å²) in [6, 6.07) is 0. The summed E-state index contributed by atoms with van der Waals surface area (Å²) in [5.41, 5.74) is 3.05. The minimum absolute atomic E-state index is 0.760. The molecule has 0 unspecified atom stereocenters. The van der Waals surface area contributed by atoms with E-state index in [1.807, 2.05) is 20.9 Å². The Morgan fingerprint density at radius 1 is 1.20 bits per heavy atom. The number of aromatic nitrogens is 6. The number of nitrogens with zero attached hydrogens (tertiary/aromatic N) is 6. The van der Waals surface area contributed by atoms with Gasteiger partial charge in [-0.3, -0.25) is 4.68 Å². The summed E-state index contributed by atoms with van der Waals surface area (Å²) in [4.78, 5) is 1.72. The zero-order valence-electron chi connectivity index (χ0n) is 9.17. The molecule has 6 heteroatoms. The molecule has 0 fully saturated rings. The van der Waals surface area contributed by atoms with Crippen LogP contribution in [0.2, 0.25) is 0 Å². The molecule has 0 amide bonds. The zero-order valence-corrected chi connectivity index (χ0v) is 9.17. The molecule has 0 aliphatic heterocycles. The third-order valence-corrected chi connectivity index (χ3v) is 2.43. The molecule has 0 saturated heterocycles. The second kappa shape index (κ2) is 3.80. The largest absolute Gasteiger partial charge is 0.252 e. The normalized spacial score (nSPS) is 10.9. The van der Waals surface area contributed by atoms with E-state index in [1.54, 1.807) is 15.7 Å². The van der Waals surface area contributed by atoms with E-state index >= 15 is 0 Å². The van der Waals surface area contributed by atoms with Gasteiger partial charge in [0.15, 0.2) is 0 Å². The average Bonchev–Trinajstić information content (AvgIpc) is 2.72. The first-order valence-electron chi connectivity index (χ1n) is 4.88. The van der Waals surface area contributed by atoms with Crippen molar-refractivity contribution < 1.29 is 0 Å². The molecule has 0 saturated carbocycles. The minimum atomic E-state index is 0.760. The molecule has 2 rings (SSSR count). The van der Waals surface area contributed by atoms with E-state index in [-0.39, 0.29) is 0 Å². The van der Waals surface area contributed by atoms with Crippen LogP contribution in [0.15, 0.2) is 6.20 Å². The van der Waals surface area contributed by atoms with Crippen molar-refractivity contribution in [3.05, 3.63) is 23.3 Å². The first-order chi connectivity index (χ1) is 7.16. The number of aryl methyl sites for hydroxylation is 5. The molecule has 0 spiro atoms. The second-order valence-corrected chi connectivity index (χ2v) is 3.57. The van der Waals surface area contributed by atoms with Gasteiger partial charge in [-0.05, 0) is 13.8 Å². The van der Waals surface area contributed by atoms with Crippen molar-refractivity contribution in [2.24, 2.45) is 7.05 Å². The molecule has 6 nitrogen and oxygen atoms in total. The summed E-state index contributed by atoms with van der Waals surface area (Å²) in [6.45, 7) is 4.69. The molecule has 0 bridgehead atoms. The minimum Gasteiger partial charge on any atom is -0.252 e. The maximum absolute atomic E-state index is 4.29. The molecule has 0 N–H and O–H groups in total. The molecule has 2 aromatic heterocycles. The average molecular weight is 206 g/mol. The second-order valence-electron chi connectivity index (χ2n) is 3.57. The van der Waals surface area contributed by atoms with Gasteiger partial charge in [0.1, 0.15) is 0 Å². The van der Waals surface area contributed by atoms with Crippen LogP contribution >= 0.6 is 0 Å². The van der Waals surface area contributed by atoms with Crippen LogP contribution in [-0.4, -0.2) is 30.0 Å². The lowest BCUT2D eigenvalue weighted by Gasteiger charge is -1.99. The molecule has 0 atom stereocenters.